The molecule has 1 fully saturated rings. The van der Waals surface area contributed by atoms with Crippen molar-refractivity contribution in [3.05, 3.63) is 69.8 Å². The summed E-state index contributed by atoms with van der Waals surface area (Å²) in [5.74, 6) is 0. The Labute approximate surface area is 154 Å². The van der Waals surface area contributed by atoms with Gasteiger partial charge in [0.1, 0.15) is 0 Å². The SMILES string of the molecule is CC(c1cccc([N+](=O)[O-])c1)N(C)Cc1ccccc1N1CCOCC1. The Hall–Kier alpha value is -2.44. The third kappa shape index (κ3) is 4.20. The van der Waals surface area contributed by atoms with Crippen molar-refractivity contribution in [1.82, 2.24) is 4.90 Å². The van der Waals surface area contributed by atoms with Gasteiger partial charge < -0.3 is 9.64 Å². The van der Waals surface area contributed by atoms with E-state index in [9.17, 15) is 10.1 Å². The topological polar surface area (TPSA) is 58.9 Å². The molecule has 0 N–H and O–H groups in total. The Morgan fingerprint density at radius 2 is 1.92 bits per heavy atom. The summed E-state index contributed by atoms with van der Waals surface area (Å²) in [6.07, 6.45) is 0. The number of nitro benzene ring substituents is 1. The molecule has 0 radical (unpaired) electrons. The predicted octanol–water partition coefficient (Wildman–Crippen LogP) is 3.62. The van der Waals surface area contributed by atoms with Crippen molar-refractivity contribution in [1.29, 1.82) is 0 Å². The molecule has 1 aliphatic rings. The minimum Gasteiger partial charge on any atom is -0.378 e. The van der Waals surface area contributed by atoms with Gasteiger partial charge in [0.05, 0.1) is 18.1 Å². The Kier molecular flexibility index (Phi) is 5.85. The largest absolute Gasteiger partial charge is 0.378 e. The van der Waals surface area contributed by atoms with E-state index in [2.05, 4.69) is 48.0 Å². The fourth-order valence-corrected chi connectivity index (χ4v) is 3.32. The van der Waals surface area contributed by atoms with Crippen molar-refractivity contribution >= 4 is 11.4 Å². The predicted molar refractivity (Wildman–Crippen MR) is 102 cm³/mol. The summed E-state index contributed by atoms with van der Waals surface area (Å²) in [7, 11) is 2.06. The number of benzene rings is 2. The molecule has 26 heavy (non-hydrogen) atoms. The fourth-order valence-electron chi connectivity index (χ4n) is 3.32. The van der Waals surface area contributed by atoms with Crippen molar-refractivity contribution in [2.45, 2.75) is 19.5 Å². The van der Waals surface area contributed by atoms with Gasteiger partial charge in [0.15, 0.2) is 0 Å². The molecule has 0 spiro atoms. The van der Waals surface area contributed by atoms with Crippen LogP contribution in [0.5, 0.6) is 0 Å². The lowest BCUT2D eigenvalue weighted by Gasteiger charge is -2.32. The first-order chi connectivity index (χ1) is 12.6. The van der Waals surface area contributed by atoms with Gasteiger partial charge in [-0.1, -0.05) is 30.3 Å². The van der Waals surface area contributed by atoms with Crippen molar-refractivity contribution in [2.75, 3.05) is 38.3 Å². The average molecular weight is 355 g/mol. The van der Waals surface area contributed by atoms with Gasteiger partial charge in [-0.2, -0.15) is 0 Å². The number of para-hydroxylation sites is 1. The van der Waals surface area contributed by atoms with Crippen molar-refractivity contribution in [3.63, 3.8) is 0 Å². The molecule has 1 unspecified atom stereocenters. The molecule has 1 heterocycles. The summed E-state index contributed by atoms with van der Waals surface area (Å²) in [6.45, 7) is 6.18. The highest BCUT2D eigenvalue weighted by atomic mass is 16.6. The van der Waals surface area contributed by atoms with Crippen LogP contribution in [0.4, 0.5) is 11.4 Å². The summed E-state index contributed by atoms with van der Waals surface area (Å²) in [4.78, 5) is 15.3. The second kappa shape index (κ2) is 8.29. The number of morpholine rings is 1. The highest BCUT2D eigenvalue weighted by Gasteiger charge is 2.19. The lowest BCUT2D eigenvalue weighted by molar-refractivity contribution is -0.384. The highest BCUT2D eigenvalue weighted by Crippen LogP contribution is 2.27. The van der Waals surface area contributed by atoms with Crippen molar-refractivity contribution < 1.29 is 9.66 Å². The Balaban J connectivity index is 1.76. The summed E-state index contributed by atoms with van der Waals surface area (Å²) >= 11 is 0. The van der Waals surface area contributed by atoms with Gasteiger partial charge in [0.25, 0.3) is 5.69 Å². The zero-order chi connectivity index (χ0) is 18.5. The van der Waals surface area contributed by atoms with E-state index in [-0.39, 0.29) is 16.7 Å². The van der Waals surface area contributed by atoms with Crippen LogP contribution < -0.4 is 4.90 Å². The molecule has 6 nitrogen and oxygen atoms in total. The van der Waals surface area contributed by atoms with Gasteiger partial charge in [-0.15, -0.1) is 0 Å². The Morgan fingerprint density at radius 1 is 1.19 bits per heavy atom. The molecule has 3 rings (SSSR count). The number of hydrogen-bond donors (Lipinski definition) is 0. The van der Waals surface area contributed by atoms with Crippen LogP contribution >= 0.6 is 0 Å². The molecular weight excluding hydrogens is 330 g/mol. The minimum atomic E-state index is -0.343. The van der Waals surface area contributed by atoms with Crippen LogP contribution in [0.3, 0.4) is 0 Å². The number of anilines is 1. The van der Waals surface area contributed by atoms with Crippen molar-refractivity contribution in [3.8, 4) is 0 Å². The van der Waals surface area contributed by atoms with Crippen molar-refractivity contribution in [2.24, 2.45) is 0 Å². The second-order valence-electron chi connectivity index (χ2n) is 6.67. The number of nitrogens with zero attached hydrogens (tertiary/aromatic N) is 3. The van der Waals surface area contributed by atoms with E-state index in [1.807, 2.05) is 6.07 Å². The molecule has 1 aliphatic heterocycles. The molecule has 1 saturated heterocycles. The summed E-state index contributed by atoms with van der Waals surface area (Å²) < 4.78 is 5.46. The summed E-state index contributed by atoms with van der Waals surface area (Å²) in [5, 5.41) is 11.0. The van der Waals surface area contributed by atoms with E-state index in [1.54, 1.807) is 12.1 Å². The van der Waals surface area contributed by atoms with Gasteiger partial charge in [0.2, 0.25) is 0 Å². The second-order valence-corrected chi connectivity index (χ2v) is 6.67. The number of nitro groups is 1. The van der Waals surface area contributed by atoms with E-state index in [0.717, 1.165) is 38.4 Å². The van der Waals surface area contributed by atoms with Gasteiger partial charge in [-0.25, -0.2) is 0 Å². The van der Waals surface area contributed by atoms with Gasteiger partial charge >= 0.3 is 0 Å². The van der Waals surface area contributed by atoms with E-state index in [1.165, 1.54) is 17.3 Å². The quantitative estimate of drug-likeness (QED) is 0.585. The van der Waals surface area contributed by atoms with E-state index in [4.69, 9.17) is 4.74 Å². The van der Waals surface area contributed by atoms with E-state index in [0.29, 0.717) is 0 Å². The van der Waals surface area contributed by atoms with Crippen LogP contribution in [0.2, 0.25) is 0 Å². The fraction of sp³-hybridized carbons (Fsp3) is 0.400. The number of rotatable bonds is 6. The minimum absolute atomic E-state index is 0.0765. The molecule has 0 saturated carbocycles. The first-order valence-corrected chi connectivity index (χ1v) is 8.91. The van der Waals surface area contributed by atoms with Gasteiger partial charge in [-0.05, 0) is 31.2 Å². The molecule has 0 aliphatic carbocycles. The smallest absolute Gasteiger partial charge is 0.269 e. The third-order valence-corrected chi connectivity index (χ3v) is 4.99. The van der Waals surface area contributed by atoms with E-state index < -0.39 is 0 Å². The van der Waals surface area contributed by atoms with Crippen LogP contribution in [0, 0.1) is 10.1 Å². The monoisotopic (exact) mass is 355 g/mol. The molecule has 0 aromatic heterocycles. The lowest BCUT2D eigenvalue weighted by atomic mass is 10.0. The molecule has 2 aromatic carbocycles. The van der Waals surface area contributed by atoms with Gasteiger partial charge in [-0.3, -0.25) is 15.0 Å². The normalized spacial score (nSPS) is 15.9. The number of ether oxygens (including phenoxy) is 1. The van der Waals surface area contributed by atoms with Gasteiger partial charge in [0, 0.05) is 43.5 Å². The standard InChI is InChI=1S/C20H25N3O3/c1-16(17-7-5-8-19(14-17)23(24)25)21(2)15-18-6-3-4-9-20(18)22-10-12-26-13-11-22/h3-9,14,16H,10-13,15H2,1-2H3. The zero-order valence-electron chi connectivity index (χ0n) is 15.3. The Bertz CT molecular complexity index is 759. The first kappa shape index (κ1) is 18.4. The molecule has 1 atom stereocenters. The molecule has 0 amide bonds. The van der Waals surface area contributed by atoms with Crippen LogP contribution in [0.15, 0.2) is 48.5 Å². The first-order valence-electron chi connectivity index (χ1n) is 8.91. The van der Waals surface area contributed by atoms with Crippen LogP contribution in [-0.4, -0.2) is 43.2 Å². The molecule has 2 aromatic rings. The molecule has 138 valence electrons. The molecule has 6 heteroatoms. The molecular formula is C20H25N3O3. The zero-order valence-corrected chi connectivity index (χ0v) is 15.3. The highest BCUT2D eigenvalue weighted by molar-refractivity contribution is 5.54. The lowest BCUT2D eigenvalue weighted by Crippen LogP contribution is -2.37. The van der Waals surface area contributed by atoms with E-state index >= 15 is 0 Å². The maximum absolute atomic E-state index is 11.0. The summed E-state index contributed by atoms with van der Waals surface area (Å²) in [6, 6.07) is 15.4. The third-order valence-electron chi connectivity index (χ3n) is 4.99. The van der Waals surface area contributed by atoms with Crippen LogP contribution in [-0.2, 0) is 11.3 Å². The molecule has 0 bridgehead atoms. The van der Waals surface area contributed by atoms with Crippen LogP contribution in [0.1, 0.15) is 24.1 Å². The Morgan fingerprint density at radius 3 is 2.65 bits per heavy atom. The van der Waals surface area contributed by atoms with Crippen LogP contribution in [0.25, 0.3) is 0 Å². The maximum atomic E-state index is 11.0. The summed E-state index contributed by atoms with van der Waals surface area (Å²) in [5.41, 5.74) is 3.59. The maximum Gasteiger partial charge on any atom is 0.269 e. The average Bonchev–Trinajstić information content (AvgIpc) is 2.68. The number of non-ortho nitro benzene ring substituents is 1. The number of hydrogen-bond acceptors (Lipinski definition) is 5.